The van der Waals surface area contributed by atoms with Crippen LogP contribution in [0.5, 0.6) is 0 Å². The number of hydrogen-bond donors (Lipinski definition) is 2. The van der Waals surface area contributed by atoms with Crippen LogP contribution >= 0.6 is 0 Å². The first-order valence-electron chi connectivity index (χ1n) is 11.8. The highest BCUT2D eigenvalue weighted by Crippen LogP contribution is 2.39. The summed E-state index contributed by atoms with van der Waals surface area (Å²) in [6.07, 6.45) is 7.32. The second-order valence-electron chi connectivity index (χ2n) is 11.6. The highest BCUT2D eigenvalue weighted by Gasteiger charge is 2.47. The van der Waals surface area contributed by atoms with Gasteiger partial charge in [-0.05, 0) is 87.1 Å². The number of hydrogen-bond acceptors (Lipinski definition) is 6. The Morgan fingerprint density at radius 1 is 0.833 bits per heavy atom. The van der Waals surface area contributed by atoms with E-state index in [1.54, 1.807) is 0 Å². The van der Waals surface area contributed by atoms with Gasteiger partial charge in [0.2, 0.25) is 0 Å². The molecule has 2 N–H and O–H groups in total. The van der Waals surface area contributed by atoms with Gasteiger partial charge in [-0.3, -0.25) is 9.68 Å². The molecule has 0 aromatic heterocycles. The van der Waals surface area contributed by atoms with E-state index in [0.717, 1.165) is 45.3 Å². The van der Waals surface area contributed by atoms with Crippen molar-refractivity contribution in [1.29, 1.82) is 0 Å². The zero-order chi connectivity index (χ0) is 22.8. The maximum absolute atomic E-state index is 6.16. The van der Waals surface area contributed by atoms with Crippen molar-refractivity contribution in [3.8, 4) is 0 Å². The monoisotopic (exact) mass is 424 g/mol. The third-order valence-electron chi connectivity index (χ3n) is 6.10. The predicted molar refractivity (Wildman–Crippen MR) is 124 cm³/mol. The lowest BCUT2D eigenvalue weighted by Crippen LogP contribution is -2.65. The van der Waals surface area contributed by atoms with Crippen molar-refractivity contribution in [2.75, 3.05) is 13.2 Å². The fraction of sp³-hybridized carbons (Fsp3) is 0.917. The molecule has 0 aliphatic carbocycles. The summed E-state index contributed by atoms with van der Waals surface area (Å²) in [5.74, 6) is 0. The van der Waals surface area contributed by atoms with E-state index in [-0.39, 0.29) is 22.2 Å². The summed E-state index contributed by atoms with van der Waals surface area (Å²) in [7, 11) is 0. The molecule has 0 unspecified atom stereocenters. The molecule has 0 atom stereocenters. The van der Waals surface area contributed by atoms with Crippen LogP contribution in [0.4, 0.5) is 0 Å². The second kappa shape index (κ2) is 9.45. The maximum atomic E-state index is 6.16. The van der Waals surface area contributed by atoms with Gasteiger partial charge in [-0.2, -0.15) is 10.1 Å². The predicted octanol–water partition coefficient (Wildman–Crippen LogP) is 4.93. The lowest BCUT2D eigenvalue weighted by Gasteiger charge is -2.54. The van der Waals surface area contributed by atoms with E-state index in [2.05, 4.69) is 96.3 Å². The molecule has 2 aliphatic rings. The van der Waals surface area contributed by atoms with Crippen LogP contribution in [-0.4, -0.2) is 51.5 Å². The molecule has 0 aromatic rings. The lowest BCUT2D eigenvalue weighted by molar-refractivity contribution is -0.284. The van der Waals surface area contributed by atoms with Crippen LogP contribution in [0.2, 0.25) is 0 Å². The SMILES string of the molecule is CCCON1C(C)(C)C=C(NNC2CC(C)(C)N(OCCC)C(C)(C)C2)CC1(C)C. The summed E-state index contributed by atoms with van der Waals surface area (Å²) in [5.41, 5.74) is 8.17. The zero-order valence-electron chi connectivity index (χ0n) is 21.3. The van der Waals surface area contributed by atoms with Gasteiger partial charge < -0.3 is 5.43 Å². The molecule has 0 aromatic carbocycles. The molecule has 1 saturated heterocycles. The summed E-state index contributed by atoms with van der Waals surface area (Å²) in [4.78, 5) is 12.3. The van der Waals surface area contributed by atoms with Gasteiger partial charge in [-0.25, -0.2) is 5.43 Å². The summed E-state index contributed by atoms with van der Waals surface area (Å²) in [6, 6.07) is 0.373. The summed E-state index contributed by atoms with van der Waals surface area (Å²) in [6.45, 7) is 23.9. The van der Waals surface area contributed by atoms with Gasteiger partial charge >= 0.3 is 0 Å². The minimum Gasteiger partial charge on any atom is -0.326 e. The van der Waals surface area contributed by atoms with Crippen molar-refractivity contribution < 1.29 is 9.68 Å². The first-order chi connectivity index (χ1) is 13.7. The van der Waals surface area contributed by atoms with E-state index in [0.29, 0.717) is 6.04 Å². The van der Waals surface area contributed by atoms with Gasteiger partial charge in [0, 0.05) is 34.8 Å². The third-order valence-corrected chi connectivity index (χ3v) is 6.10. The number of nitrogens with zero attached hydrogens (tertiary/aromatic N) is 2. The van der Waals surface area contributed by atoms with E-state index in [4.69, 9.17) is 9.68 Å². The fourth-order valence-corrected chi connectivity index (χ4v) is 5.55. The number of rotatable bonds is 9. The highest BCUT2D eigenvalue weighted by atomic mass is 16.7. The summed E-state index contributed by atoms with van der Waals surface area (Å²) in [5, 5.41) is 4.40. The van der Waals surface area contributed by atoms with Crippen molar-refractivity contribution in [1.82, 2.24) is 21.0 Å². The van der Waals surface area contributed by atoms with Crippen molar-refractivity contribution in [3.05, 3.63) is 11.8 Å². The molecular formula is C24H48N4O2. The molecule has 2 aliphatic heterocycles. The van der Waals surface area contributed by atoms with Crippen LogP contribution < -0.4 is 10.9 Å². The second-order valence-corrected chi connectivity index (χ2v) is 11.6. The lowest BCUT2D eigenvalue weighted by atomic mass is 9.79. The molecule has 0 radical (unpaired) electrons. The van der Waals surface area contributed by atoms with Crippen LogP contribution in [0.1, 0.15) is 101 Å². The molecular weight excluding hydrogens is 376 g/mol. The molecule has 0 amide bonds. The Labute approximate surface area is 185 Å². The largest absolute Gasteiger partial charge is 0.326 e. The molecule has 2 rings (SSSR count). The van der Waals surface area contributed by atoms with Crippen molar-refractivity contribution in [3.63, 3.8) is 0 Å². The van der Waals surface area contributed by atoms with E-state index in [1.807, 2.05) is 0 Å². The van der Waals surface area contributed by atoms with Crippen LogP contribution in [0.25, 0.3) is 0 Å². The Balaban J connectivity index is 2.06. The Morgan fingerprint density at radius 3 is 1.80 bits per heavy atom. The number of nitrogens with one attached hydrogen (secondary N) is 2. The standard InChI is InChI=1S/C24H48N4O2/c1-11-13-29-27-21(3,4)15-19(16-22(27,5)6)25-26-20-17-23(7,8)28(30-14-12-2)24(9,10)18-20/h15,20,25-26H,11-14,16-18H2,1-10H3. The Hall–Kier alpha value is -0.660. The third kappa shape index (κ3) is 5.98. The summed E-state index contributed by atoms with van der Waals surface area (Å²) < 4.78 is 0. The molecule has 0 bridgehead atoms. The van der Waals surface area contributed by atoms with Crippen LogP contribution in [0, 0.1) is 0 Å². The van der Waals surface area contributed by atoms with Gasteiger partial charge in [-0.1, -0.05) is 13.8 Å². The van der Waals surface area contributed by atoms with E-state index in [9.17, 15) is 0 Å². The van der Waals surface area contributed by atoms with Crippen LogP contribution in [0.3, 0.4) is 0 Å². The van der Waals surface area contributed by atoms with E-state index in [1.165, 1.54) is 5.70 Å². The van der Waals surface area contributed by atoms with Gasteiger partial charge in [0.15, 0.2) is 0 Å². The van der Waals surface area contributed by atoms with Gasteiger partial charge in [0.05, 0.1) is 18.8 Å². The molecule has 6 nitrogen and oxygen atoms in total. The molecule has 30 heavy (non-hydrogen) atoms. The van der Waals surface area contributed by atoms with Crippen LogP contribution in [0.15, 0.2) is 11.8 Å². The van der Waals surface area contributed by atoms with Crippen LogP contribution in [-0.2, 0) is 9.68 Å². The van der Waals surface area contributed by atoms with Crippen molar-refractivity contribution in [2.24, 2.45) is 0 Å². The number of hydroxylamine groups is 4. The average molecular weight is 425 g/mol. The van der Waals surface area contributed by atoms with Gasteiger partial charge in [0.1, 0.15) is 0 Å². The minimum atomic E-state index is -0.170. The average Bonchev–Trinajstić information content (AvgIpc) is 2.56. The highest BCUT2D eigenvalue weighted by molar-refractivity contribution is 5.18. The first-order valence-corrected chi connectivity index (χ1v) is 11.8. The first kappa shape index (κ1) is 25.6. The molecule has 6 heteroatoms. The zero-order valence-corrected chi connectivity index (χ0v) is 21.3. The Bertz CT molecular complexity index is 580. The molecule has 0 spiro atoms. The topological polar surface area (TPSA) is 49.0 Å². The normalized spacial score (nSPS) is 26.4. The van der Waals surface area contributed by atoms with Crippen molar-refractivity contribution in [2.45, 2.75) is 130 Å². The quantitative estimate of drug-likeness (QED) is 0.512. The molecule has 1 fully saturated rings. The smallest absolute Gasteiger partial charge is 0.0683 e. The number of hydrazine groups is 1. The Morgan fingerprint density at radius 2 is 1.33 bits per heavy atom. The van der Waals surface area contributed by atoms with E-state index < -0.39 is 0 Å². The minimum absolute atomic E-state index is 0.0272. The van der Waals surface area contributed by atoms with Gasteiger partial charge in [0.25, 0.3) is 0 Å². The molecule has 176 valence electrons. The summed E-state index contributed by atoms with van der Waals surface area (Å²) >= 11 is 0. The molecule has 0 saturated carbocycles. The number of piperidine rings is 1. The van der Waals surface area contributed by atoms with E-state index >= 15 is 0 Å². The fourth-order valence-electron chi connectivity index (χ4n) is 5.55. The van der Waals surface area contributed by atoms with Crippen molar-refractivity contribution >= 4 is 0 Å². The molecule has 2 heterocycles. The Kier molecular flexibility index (Phi) is 8.07. The maximum Gasteiger partial charge on any atom is 0.0683 e. The van der Waals surface area contributed by atoms with Gasteiger partial charge in [-0.15, -0.1) is 0 Å².